The fourth-order valence-corrected chi connectivity index (χ4v) is 2.63. The minimum atomic E-state index is -0.409. The fraction of sp³-hybridized carbons (Fsp3) is 0.562. The fourth-order valence-electron chi connectivity index (χ4n) is 2.63. The SMILES string of the molecule is CC1CCN(CCC(=O)c2ccccc2F)CC1C. The van der Waals surface area contributed by atoms with Crippen LogP contribution in [0.3, 0.4) is 0 Å². The van der Waals surface area contributed by atoms with E-state index < -0.39 is 5.82 Å². The van der Waals surface area contributed by atoms with Crippen molar-refractivity contribution < 1.29 is 9.18 Å². The number of hydrogen-bond acceptors (Lipinski definition) is 2. The van der Waals surface area contributed by atoms with Gasteiger partial charge in [-0.3, -0.25) is 4.79 Å². The van der Waals surface area contributed by atoms with Crippen LogP contribution in [-0.2, 0) is 0 Å². The number of Topliss-reactive ketones (excluding diaryl/α,β-unsaturated/α-hetero) is 1. The van der Waals surface area contributed by atoms with E-state index in [0.29, 0.717) is 12.3 Å². The molecule has 2 rings (SSSR count). The summed E-state index contributed by atoms with van der Waals surface area (Å²) >= 11 is 0. The highest BCUT2D eigenvalue weighted by Crippen LogP contribution is 2.22. The molecular formula is C16H22FNO. The standard InChI is InChI=1S/C16H22FNO/c1-12-7-9-18(11-13(12)2)10-8-16(19)14-5-3-4-6-15(14)17/h3-6,12-13H,7-11H2,1-2H3. The Kier molecular flexibility index (Phi) is 4.70. The van der Waals surface area contributed by atoms with E-state index in [-0.39, 0.29) is 11.3 Å². The molecule has 3 heteroatoms. The quantitative estimate of drug-likeness (QED) is 0.776. The Labute approximate surface area is 114 Å². The Morgan fingerprint density at radius 2 is 2.05 bits per heavy atom. The molecule has 19 heavy (non-hydrogen) atoms. The van der Waals surface area contributed by atoms with E-state index in [1.807, 2.05) is 0 Å². The van der Waals surface area contributed by atoms with Gasteiger partial charge in [0.25, 0.3) is 0 Å². The molecule has 0 radical (unpaired) electrons. The van der Waals surface area contributed by atoms with Gasteiger partial charge in [0.05, 0.1) is 5.56 Å². The van der Waals surface area contributed by atoms with Crippen molar-refractivity contribution in [3.63, 3.8) is 0 Å². The van der Waals surface area contributed by atoms with Crippen molar-refractivity contribution in [1.82, 2.24) is 4.90 Å². The van der Waals surface area contributed by atoms with Gasteiger partial charge in [-0.05, 0) is 36.9 Å². The Morgan fingerprint density at radius 1 is 1.32 bits per heavy atom. The molecule has 0 amide bonds. The van der Waals surface area contributed by atoms with E-state index >= 15 is 0 Å². The van der Waals surface area contributed by atoms with Crippen LogP contribution in [0.4, 0.5) is 4.39 Å². The third kappa shape index (κ3) is 3.63. The highest BCUT2D eigenvalue weighted by atomic mass is 19.1. The minimum Gasteiger partial charge on any atom is -0.303 e. The van der Waals surface area contributed by atoms with Gasteiger partial charge in [0.15, 0.2) is 5.78 Å². The lowest BCUT2D eigenvalue weighted by molar-refractivity contribution is 0.0923. The van der Waals surface area contributed by atoms with E-state index in [1.54, 1.807) is 18.2 Å². The predicted molar refractivity (Wildman–Crippen MR) is 74.7 cm³/mol. The van der Waals surface area contributed by atoms with Gasteiger partial charge in [0.1, 0.15) is 5.82 Å². The molecule has 0 bridgehead atoms. The number of halogens is 1. The van der Waals surface area contributed by atoms with E-state index in [2.05, 4.69) is 18.7 Å². The van der Waals surface area contributed by atoms with Crippen molar-refractivity contribution in [3.8, 4) is 0 Å². The first-order valence-electron chi connectivity index (χ1n) is 7.08. The number of hydrogen-bond donors (Lipinski definition) is 0. The van der Waals surface area contributed by atoms with Crippen LogP contribution in [0, 0.1) is 17.7 Å². The maximum absolute atomic E-state index is 13.5. The summed E-state index contributed by atoms with van der Waals surface area (Å²) in [5.74, 6) is 0.938. The zero-order valence-electron chi connectivity index (χ0n) is 11.7. The van der Waals surface area contributed by atoms with Crippen LogP contribution >= 0.6 is 0 Å². The molecule has 1 aliphatic rings. The van der Waals surface area contributed by atoms with Gasteiger partial charge in [-0.25, -0.2) is 4.39 Å². The number of likely N-dealkylation sites (tertiary alicyclic amines) is 1. The second kappa shape index (κ2) is 6.29. The number of carbonyl (C=O) groups excluding carboxylic acids is 1. The summed E-state index contributed by atoms with van der Waals surface area (Å²) in [6, 6.07) is 6.23. The average Bonchev–Trinajstić information content (AvgIpc) is 2.40. The number of ketones is 1. The molecule has 1 aromatic carbocycles. The topological polar surface area (TPSA) is 20.3 Å². The van der Waals surface area contributed by atoms with Crippen molar-refractivity contribution in [2.24, 2.45) is 11.8 Å². The summed E-state index contributed by atoms with van der Waals surface area (Å²) in [6.07, 6.45) is 1.59. The molecule has 2 atom stereocenters. The first kappa shape index (κ1) is 14.2. The first-order chi connectivity index (χ1) is 9.08. The molecule has 104 valence electrons. The molecule has 0 aliphatic carbocycles. The highest BCUT2D eigenvalue weighted by molar-refractivity contribution is 5.96. The molecule has 0 aromatic heterocycles. The number of piperidine rings is 1. The highest BCUT2D eigenvalue weighted by Gasteiger charge is 2.23. The van der Waals surface area contributed by atoms with E-state index in [9.17, 15) is 9.18 Å². The Bertz CT molecular complexity index is 446. The first-order valence-corrected chi connectivity index (χ1v) is 7.08. The third-order valence-electron chi connectivity index (χ3n) is 4.25. The van der Waals surface area contributed by atoms with E-state index in [0.717, 1.165) is 25.6 Å². The molecule has 1 aromatic rings. The van der Waals surface area contributed by atoms with Gasteiger partial charge in [-0.1, -0.05) is 26.0 Å². The van der Waals surface area contributed by atoms with Gasteiger partial charge >= 0.3 is 0 Å². The lowest BCUT2D eigenvalue weighted by Crippen LogP contribution is -2.39. The van der Waals surface area contributed by atoms with Crippen molar-refractivity contribution in [2.75, 3.05) is 19.6 Å². The number of benzene rings is 1. The average molecular weight is 263 g/mol. The predicted octanol–water partition coefficient (Wildman–Crippen LogP) is 3.38. The second-order valence-corrected chi connectivity index (χ2v) is 5.70. The van der Waals surface area contributed by atoms with Gasteiger partial charge in [-0.15, -0.1) is 0 Å². The summed E-state index contributed by atoms with van der Waals surface area (Å²) in [4.78, 5) is 14.3. The van der Waals surface area contributed by atoms with E-state index in [1.165, 1.54) is 12.5 Å². The van der Waals surface area contributed by atoms with Crippen LogP contribution in [0.2, 0.25) is 0 Å². The molecule has 0 spiro atoms. The van der Waals surface area contributed by atoms with Crippen molar-refractivity contribution in [1.29, 1.82) is 0 Å². The van der Waals surface area contributed by atoms with Crippen molar-refractivity contribution >= 4 is 5.78 Å². The maximum Gasteiger partial charge on any atom is 0.167 e. The zero-order valence-corrected chi connectivity index (χ0v) is 11.7. The normalized spacial score (nSPS) is 24.4. The number of nitrogens with zero attached hydrogens (tertiary/aromatic N) is 1. The molecule has 1 fully saturated rings. The van der Waals surface area contributed by atoms with Crippen LogP contribution in [0.1, 0.15) is 37.0 Å². The number of carbonyl (C=O) groups is 1. The molecule has 1 heterocycles. The Balaban J connectivity index is 1.86. The molecule has 0 saturated carbocycles. The molecular weight excluding hydrogens is 241 g/mol. The summed E-state index contributed by atoms with van der Waals surface area (Å²) in [6.45, 7) is 7.38. The molecule has 1 aliphatic heterocycles. The summed E-state index contributed by atoms with van der Waals surface area (Å²) in [7, 11) is 0. The van der Waals surface area contributed by atoms with Crippen molar-refractivity contribution in [3.05, 3.63) is 35.6 Å². The largest absolute Gasteiger partial charge is 0.303 e. The van der Waals surface area contributed by atoms with Gasteiger partial charge < -0.3 is 4.90 Å². The zero-order chi connectivity index (χ0) is 13.8. The van der Waals surface area contributed by atoms with E-state index in [4.69, 9.17) is 0 Å². The summed E-state index contributed by atoms with van der Waals surface area (Å²) in [5.41, 5.74) is 0.223. The molecule has 2 nitrogen and oxygen atoms in total. The molecule has 1 saturated heterocycles. The summed E-state index contributed by atoms with van der Waals surface area (Å²) in [5, 5.41) is 0. The van der Waals surface area contributed by atoms with Gasteiger partial charge in [-0.2, -0.15) is 0 Å². The second-order valence-electron chi connectivity index (χ2n) is 5.70. The van der Waals surface area contributed by atoms with Gasteiger partial charge in [0.2, 0.25) is 0 Å². The lowest BCUT2D eigenvalue weighted by atomic mass is 9.88. The van der Waals surface area contributed by atoms with Crippen LogP contribution in [0.5, 0.6) is 0 Å². The van der Waals surface area contributed by atoms with Crippen LogP contribution in [0.15, 0.2) is 24.3 Å². The minimum absolute atomic E-state index is 0.0932. The van der Waals surface area contributed by atoms with Crippen LogP contribution < -0.4 is 0 Å². The monoisotopic (exact) mass is 263 g/mol. The summed E-state index contributed by atoms with van der Waals surface area (Å²) < 4.78 is 13.5. The smallest absolute Gasteiger partial charge is 0.167 e. The van der Waals surface area contributed by atoms with Crippen LogP contribution in [-0.4, -0.2) is 30.3 Å². The lowest BCUT2D eigenvalue weighted by Gasteiger charge is -2.35. The Morgan fingerprint density at radius 3 is 2.74 bits per heavy atom. The number of rotatable bonds is 4. The Hall–Kier alpha value is -1.22. The third-order valence-corrected chi connectivity index (χ3v) is 4.25. The molecule has 0 N–H and O–H groups in total. The maximum atomic E-state index is 13.5. The van der Waals surface area contributed by atoms with Crippen molar-refractivity contribution in [2.45, 2.75) is 26.7 Å². The van der Waals surface area contributed by atoms with Crippen LogP contribution in [0.25, 0.3) is 0 Å². The molecule has 2 unspecified atom stereocenters. The van der Waals surface area contributed by atoms with Gasteiger partial charge in [0, 0.05) is 19.5 Å².